The molecule has 1 fully saturated rings. The number of benzene rings is 1. The SMILES string of the molecule is CNC(=O)CC1(O)CCCN(S(=O)(=O)Cc2ccc(C)c(C)c2)C1. The van der Waals surface area contributed by atoms with E-state index in [1.165, 1.54) is 11.4 Å². The molecule has 6 nitrogen and oxygen atoms in total. The molecule has 2 N–H and O–H groups in total. The van der Waals surface area contributed by atoms with Crippen LogP contribution in [-0.2, 0) is 20.6 Å². The summed E-state index contributed by atoms with van der Waals surface area (Å²) < 4.78 is 26.7. The molecule has 0 aromatic heterocycles. The molecule has 1 aromatic rings. The molecule has 0 radical (unpaired) electrons. The van der Waals surface area contributed by atoms with E-state index in [4.69, 9.17) is 0 Å². The second-order valence-corrected chi connectivity index (χ2v) is 8.66. The molecule has 0 spiro atoms. The summed E-state index contributed by atoms with van der Waals surface area (Å²) >= 11 is 0. The maximum Gasteiger partial charge on any atom is 0.222 e. The number of sulfonamides is 1. The van der Waals surface area contributed by atoms with Gasteiger partial charge in [0.05, 0.1) is 17.8 Å². The van der Waals surface area contributed by atoms with Gasteiger partial charge in [-0.15, -0.1) is 0 Å². The number of nitrogens with one attached hydrogen (secondary N) is 1. The quantitative estimate of drug-likeness (QED) is 0.829. The van der Waals surface area contributed by atoms with Crippen LogP contribution in [0.2, 0.25) is 0 Å². The first-order chi connectivity index (χ1) is 11.1. The molecule has 7 heteroatoms. The maximum atomic E-state index is 12.7. The van der Waals surface area contributed by atoms with Gasteiger partial charge in [0.1, 0.15) is 0 Å². The van der Waals surface area contributed by atoms with Crippen LogP contribution in [0.4, 0.5) is 0 Å². The number of carbonyl (C=O) groups is 1. The average Bonchev–Trinajstić information content (AvgIpc) is 2.50. The van der Waals surface area contributed by atoms with Crippen molar-refractivity contribution >= 4 is 15.9 Å². The number of β-amino-alcohol motifs (C(OH)–C–C–N with tert-alkyl or cyclic N) is 1. The molecular weight excluding hydrogens is 328 g/mol. The molecule has 1 amide bonds. The fourth-order valence-corrected chi connectivity index (χ4v) is 4.66. The number of hydrogen-bond acceptors (Lipinski definition) is 4. The van der Waals surface area contributed by atoms with E-state index in [0.29, 0.717) is 19.4 Å². The molecule has 0 bridgehead atoms. The normalized spacial score (nSPS) is 22.3. The van der Waals surface area contributed by atoms with Gasteiger partial charge in [-0.3, -0.25) is 4.79 Å². The first-order valence-electron chi connectivity index (χ1n) is 8.12. The van der Waals surface area contributed by atoms with Gasteiger partial charge in [0.25, 0.3) is 0 Å². The van der Waals surface area contributed by atoms with Gasteiger partial charge in [-0.25, -0.2) is 8.42 Å². The fraction of sp³-hybridized carbons (Fsp3) is 0.588. The van der Waals surface area contributed by atoms with Gasteiger partial charge in [0, 0.05) is 20.1 Å². The number of nitrogens with zero attached hydrogens (tertiary/aromatic N) is 1. The van der Waals surface area contributed by atoms with E-state index in [1.54, 1.807) is 0 Å². The molecular formula is C17H26N2O4S. The number of rotatable bonds is 5. The molecule has 1 aliphatic heterocycles. The van der Waals surface area contributed by atoms with Crippen LogP contribution in [0.5, 0.6) is 0 Å². The van der Waals surface area contributed by atoms with Crippen molar-refractivity contribution in [2.24, 2.45) is 0 Å². The molecule has 2 rings (SSSR count). The highest BCUT2D eigenvalue weighted by atomic mass is 32.2. The Hall–Kier alpha value is -1.44. The molecule has 1 saturated heterocycles. The first-order valence-corrected chi connectivity index (χ1v) is 9.73. The predicted octanol–water partition coefficient (Wildman–Crippen LogP) is 1.10. The highest BCUT2D eigenvalue weighted by molar-refractivity contribution is 7.88. The van der Waals surface area contributed by atoms with Gasteiger partial charge < -0.3 is 10.4 Å². The number of carbonyl (C=O) groups excluding carboxylic acids is 1. The second-order valence-electron chi connectivity index (χ2n) is 6.69. The topological polar surface area (TPSA) is 86.7 Å². The van der Waals surface area contributed by atoms with Crippen LogP contribution in [0, 0.1) is 13.8 Å². The Kier molecular flexibility index (Phi) is 5.67. The van der Waals surface area contributed by atoms with Crippen LogP contribution in [0.15, 0.2) is 18.2 Å². The molecule has 1 heterocycles. The Balaban J connectivity index is 2.13. The minimum absolute atomic E-state index is 0.0341. The van der Waals surface area contributed by atoms with Gasteiger partial charge in [-0.05, 0) is 43.4 Å². The summed E-state index contributed by atoms with van der Waals surface area (Å²) in [6.45, 7) is 4.28. The Labute approximate surface area is 143 Å². The van der Waals surface area contributed by atoms with Gasteiger partial charge >= 0.3 is 0 Å². The summed E-state index contributed by atoms with van der Waals surface area (Å²) in [6.07, 6.45) is 0.884. The number of hydrogen-bond donors (Lipinski definition) is 2. The van der Waals surface area contributed by atoms with Crippen molar-refractivity contribution in [1.82, 2.24) is 9.62 Å². The number of amides is 1. The minimum Gasteiger partial charge on any atom is -0.388 e. The average molecular weight is 354 g/mol. The van der Waals surface area contributed by atoms with Crippen LogP contribution in [-0.4, -0.2) is 49.5 Å². The first kappa shape index (κ1) is 18.9. The van der Waals surface area contributed by atoms with Crippen LogP contribution < -0.4 is 5.32 Å². The third kappa shape index (κ3) is 4.55. The summed E-state index contributed by atoms with van der Waals surface area (Å²) in [5.74, 6) is -0.379. The Bertz CT molecular complexity index is 717. The fourth-order valence-electron chi connectivity index (χ4n) is 3.04. The third-order valence-corrected chi connectivity index (χ3v) is 6.40. The number of piperidine rings is 1. The van der Waals surface area contributed by atoms with Gasteiger partial charge in [0.15, 0.2) is 0 Å². The van der Waals surface area contributed by atoms with E-state index in [0.717, 1.165) is 16.7 Å². The molecule has 134 valence electrons. The zero-order valence-electron chi connectivity index (χ0n) is 14.5. The van der Waals surface area contributed by atoms with Gasteiger partial charge in [-0.1, -0.05) is 18.2 Å². The summed E-state index contributed by atoms with van der Waals surface area (Å²) in [6, 6.07) is 5.62. The summed E-state index contributed by atoms with van der Waals surface area (Å²) in [4.78, 5) is 11.6. The zero-order chi connectivity index (χ0) is 18.0. The van der Waals surface area contributed by atoms with Crippen molar-refractivity contribution in [1.29, 1.82) is 0 Å². The van der Waals surface area contributed by atoms with Crippen molar-refractivity contribution in [3.05, 3.63) is 34.9 Å². The largest absolute Gasteiger partial charge is 0.388 e. The Morgan fingerprint density at radius 1 is 1.33 bits per heavy atom. The third-order valence-electron chi connectivity index (χ3n) is 4.60. The minimum atomic E-state index is -3.54. The molecule has 1 aromatic carbocycles. The van der Waals surface area contributed by atoms with E-state index in [1.807, 2.05) is 32.0 Å². The lowest BCUT2D eigenvalue weighted by Gasteiger charge is -2.38. The van der Waals surface area contributed by atoms with E-state index in [2.05, 4.69) is 5.32 Å². The summed E-state index contributed by atoms with van der Waals surface area (Å²) in [7, 11) is -2.04. The van der Waals surface area contributed by atoms with E-state index < -0.39 is 15.6 Å². The standard InChI is InChI=1S/C17H26N2O4S/c1-13-5-6-15(9-14(13)2)11-24(22,23)19-8-4-7-17(21,12-19)10-16(20)18-3/h5-6,9,21H,4,7-8,10-12H2,1-3H3,(H,18,20). The molecule has 24 heavy (non-hydrogen) atoms. The maximum absolute atomic E-state index is 12.7. The van der Waals surface area contributed by atoms with Crippen LogP contribution in [0.3, 0.4) is 0 Å². The van der Waals surface area contributed by atoms with Crippen LogP contribution >= 0.6 is 0 Å². The van der Waals surface area contributed by atoms with E-state index in [9.17, 15) is 18.3 Å². The van der Waals surface area contributed by atoms with E-state index in [-0.39, 0.29) is 24.6 Å². The molecule has 0 aliphatic carbocycles. The molecule has 1 aliphatic rings. The lowest BCUT2D eigenvalue weighted by atomic mass is 9.90. The van der Waals surface area contributed by atoms with Crippen molar-refractivity contribution in [3.8, 4) is 0 Å². The number of aliphatic hydroxyl groups is 1. The summed E-state index contributed by atoms with van der Waals surface area (Å²) in [5.41, 5.74) is 1.61. The smallest absolute Gasteiger partial charge is 0.222 e. The Morgan fingerprint density at radius 2 is 2.04 bits per heavy atom. The lowest BCUT2D eigenvalue weighted by molar-refractivity contribution is -0.127. The predicted molar refractivity (Wildman–Crippen MR) is 93.0 cm³/mol. The van der Waals surface area contributed by atoms with Crippen molar-refractivity contribution < 1.29 is 18.3 Å². The van der Waals surface area contributed by atoms with Crippen LogP contribution in [0.25, 0.3) is 0 Å². The Morgan fingerprint density at radius 3 is 2.67 bits per heavy atom. The number of aryl methyl sites for hydroxylation is 2. The van der Waals surface area contributed by atoms with Gasteiger partial charge in [0.2, 0.25) is 15.9 Å². The van der Waals surface area contributed by atoms with Crippen molar-refractivity contribution in [3.63, 3.8) is 0 Å². The molecule has 0 saturated carbocycles. The highest BCUT2D eigenvalue weighted by Crippen LogP contribution is 2.27. The monoisotopic (exact) mass is 354 g/mol. The molecule has 1 unspecified atom stereocenters. The molecule has 1 atom stereocenters. The lowest BCUT2D eigenvalue weighted by Crippen LogP contribution is -2.52. The van der Waals surface area contributed by atoms with Crippen molar-refractivity contribution in [2.45, 2.75) is 44.5 Å². The van der Waals surface area contributed by atoms with E-state index >= 15 is 0 Å². The second kappa shape index (κ2) is 7.21. The van der Waals surface area contributed by atoms with Crippen LogP contribution in [0.1, 0.15) is 36.0 Å². The van der Waals surface area contributed by atoms with Gasteiger partial charge in [-0.2, -0.15) is 4.31 Å². The zero-order valence-corrected chi connectivity index (χ0v) is 15.3. The van der Waals surface area contributed by atoms with Crippen molar-refractivity contribution in [2.75, 3.05) is 20.1 Å². The highest BCUT2D eigenvalue weighted by Gasteiger charge is 2.39. The summed E-state index contributed by atoms with van der Waals surface area (Å²) in [5, 5.41) is 13.1.